The summed E-state index contributed by atoms with van der Waals surface area (Å²) in [7, 11) is 0. The van der Waals surface area contributed by atoms with Crippen LogP contribution in [0.2, 0.25) is 0 Å². The number of ether oxygens (including phenoxy) is 1. The highest BCUT2D eigenvalue weighted by molar-refractivity contribution is 9.10. The Hall–Kier alpha value is -1.94. The van der Waals surface area contributed by atoms with Crippen molar-refractivity contribution in [2.24, 2.45) is 5.41 Å². The average molecular weight is 341 g/mol. The molecule has 0 amide bonds. The molecule has 0 spiro atoms. The van der Waals surface area contributed by atoms with Gasteiger partial charge in [-0.3, -0.25) is 14.9 Å². The average Bonchev–Trinajstić information content (AvgIpc) is 2.40. The Morgan fingerprint density at radius 2 is 2.25 bits per heavy atom. The van der Waals surface area contributed by atoms with Gasteiger partial charge in [-0.05, 0) is 35.3 Å². The molecule has 0 saturated heterocycles. The van der Waals surface area contributed by atoms with Gasteiger partial charge >= 0.3 is 5.97 Å². The van der Waals surface area contributed by atoms with Crippen LogP contribution in [0.4, 0.5) is 5.69 Å². The smallest absolute Gasteiger partial charge is 0.326 e. The fourth-order valence-electron chi connectivity index (χ4n) is 1.67. The Balaban J connectivity index is 3.15. The minimum atomic E-state index is -1.38. The number of hydrogen-bond acceptors (Lipinski definition) is 5. The first-order valence-corrected chi connectivity index (χ1v) is 6.65. The molecule has 6 nitrogen and oxygen atoms in total. The summed E-state index contributed by atoms with van der Waals surface area (Å²) in [5.74, 6) is -0.638. The minimum Gasteiger partial charge on any atom is -0.465 e. The van der Waals surface area contributed by atoms with Gasteiger partial charge in [-0.1, -0.05) is 12.1 Å². The first kappa shape index (κ1) is 16.1. The zero-order chi connectivity index (χ0) is 15.3. The van der Waals surface area contributed by atoms with Gasteiger partial charge in [0.15, 0.2) is 5.41 Å². The Bertz CT molecular complexity index is 582. The molecule has 1 aromatic carbocycles. The maximum Gasteiger partial charge on any atom is 0.326 e. The maximum atomic E-state index is 11.8. The molecule has 1 atom stereocenters. The second-order valence-corrected chi connectivity index (χ2v) is 5.14. The molecule has 106 valence electrons. The van der Waals surface area contributed by atoms with E-state index in [1.54, 1.807) is 13.0 Å². The van der Waals surface area contributed by atoms with Crippen LogP contribution in [0.5, 0.6) is 0 Å². The largest absolute Gasteiger partial charge is 0.465 e. The Morgan fingerprint density at radius 3 is 2.75 bits per heavy atom. The summed E-state index contributed by atoms with van der Waals surface area (Å²) < 4.78 is 5.15. The van der Waals surface area contributed by atoms with Gasteiger partial charge in [0.05, 0.1) is 22.1 Å². The zero-order valence-electron chi connectivity index (χ0n) is 11.1. The van der Waals surface area contributed by atoms with E-state index < -0.39 is 16.3 Å². The fourth-order valence-corrected chi connectivity index (χ4v) is 2.22. The summed E-state index contributed by atoms with van der Waals surface area (Å²) in [6, 6.07) is 6.42. The van der Waals surface area contributed by atoms with Gasteiger partial charge in [-0.2, -0.15) is 5.26 Å². The van der Waals surface area contributed by atoms with Gasteiger partial charge in [-0.25, -0.2) is 0 Å². The van der Waals surface area contributed by atoms with Gasteiger partial charge in [0.25, 0.3) is 5.69 Å². The number of carbonyl (C=O) groups excluding carboxylic acids is 1. The van der Waals surface area contributed by atoms with Gasteiger partial charge < -0.3 is 4.74 Å². The predicted molar refractivity (Wildman–Crippen MR) is 74.9 cm³/mol. The summed E-state index contributed by atoms with van der Waals surface area (Å²) in [4.78, 5) is 22.2. The molecule has 0 aromatic heterocycles. The first-order valence-electron chi connectivity index (χ1n) is 5.86. The van der Waals surface area contributed by atoms with E-state index in [2.05, 4.69) is 15.9 Å². The van der Waals surface area contributed by atoms with Crippen LogP contribution in [0.25, 0.3) is 0 Å². The number of carbonyl (C=O) groups is 1. The number of esters is 1. The van der Waals surface area contributed by atoms with E-state index in [1.807, 2.05) is 6.07 Å². The van der Waals surface area contributed by atoms with Crippen molar-refractivity contribution in [1.29, 1.82) is 5.26 Å². The van der Waals surface area contributed by atoms with Crippen LogP contribution in [0, 0.1) is 26.9 Å². The molecule has 1 aromatic rings. The van der Waals surface area contributed by atoms with Crippen molar-refractivity contribution in [3.63, 3.8) is 0 Å². The molecule has 0 aliphatic rings. The van der Waals surface area contributed by atoms with Gasteiger partial charge in [0.1, 0.15) is 0 Å². The highest BCUT2D eigenvalue weighted by Crippen LogP contribution is 2.33. The van der Waals surface area contributed by atoms with E-state index >= 15 is 0 Å². The van der Waals surface area contributed by atoms with Crippen molar-refractivity contribution in [2.45, 2.75) is 20.3 Å². The standard InChI is InChI=1S/C13H13BrN2O4/c1-3-20-12(17)13(2,8-15)7-9-5-4-6-10(11(9)14)16(18)19/h4-6H,3,7H2,1-2H3. The number of benzene rings is 1. The number of nitrogens with zero attached hydrogens (tertiary/aromatic N) is 2. The van der Waals surface area contributed by atoms with E-state index in [4.69, 9.17) is 4.74 Å². The van der Waals surface area contributed by atoms with Crippen LogP contribution in [0.3, 0.4) is 0 Å². The normalized spacial score (nSPS) is 13.1. The van der Waals surface area contributed by atoms with Crippen molar-refractivity contribution in [3.05, 3.63) is 38.3 Å². The SMILES string of the molecule is CCOC(=O)C(C)(C#N)Cc1cccc([N+](=O)[O-])c1Br. The Labute approximate surface area is 124 Å². The van der Waals surface area contributed by atoms with E-state index in [0.717, 1.165) is 0 Å². The lowest BCUT2D eigenvalue weighted by atomic mass is 9.85. The number of hydrogen-bond donors (Lipinski definition) is 0. The summed E-state index contributed by atoms with van der Waals surface area (Å²) in [5.41, 5.74) is -0.976. The van der Waals surface area contributed by atoms with E-state index in [0.29, 0.717) is 5.56 Å². The second-order valence-electron chi connectivity index (χ2n) is 4.35. The van der Waals surface area contributed by atoms with Crippen LogP contribution >= 0.6 is 15.9 Å². The molecule has 20 heavy (non-hydrogen) atoms. The number of halogens is 1. The van der Waals surface area contributed by atoms with Crippen LogP contribution in [0.15, 0.2) is 22.7 Å². The number of nitriles is 1. The summed E-state index contributed by atoms with van der Waals surface area (Å²) in [6.45, 7) is 3.28. The molecule has 0 N–H and O–H groups in total. The highest BCUT2D eigenvalue weighted by atomic mass is 79.9. The predicted octanol–water partition coefficient (Wildman–Crippen LogP) is 2.99. The molecule has 0 bridgehead atoms. The summed E-state index contributed by atoms with van der Waals surface area (Å²) in [6.07, 6.45) is 0.0323. The molecular formula is C13H13BrN2O4. The maximum absolute atomic E-state index is 11.8. The Morgan fingerprint density at radius 1 is 1.60 bits per heavy atom. The quantitative estimate of drug-likeness (QED) is 0.466. The zero-order valence-corrected chi connectivity index (χ0v) is 12.6. The number of rotatable bonds is 5. The number of nitro groups is 1. The lowest BCUT2D eigenvalue weighted by Gasteiger charge is -2.19. The Kier molecular flexibility index (Phi) is 5.22. The molecule has 0 heterocycles. The minimum absolute atomic E-state index is 0.0323. The third-order valence-electron chi connectivity index (χ3n) is 2.77. The monoisotopic (exact) mass is 340 g/mol. The lowest BCUT2D eigenvalue weighted by molar-refractivity contribution is -0.385. The second kappa shape index (κ2) is 6.48. The van der Waals surface area contributed by atoms with Crippen molar-refractivity contribution < 1.29 is 14.5 Å². The third kappa shape index (κ3) is 3.33. The van der Waals surface area contributed by atoms with Gasteiger partial charge in [0, 0.05) is 12.5 Å². The third-order valence-corrected chi connectivity index (χ3v) is 3.69. The number of nitro benzene ring substituents is 1. The van der Waals surface area contributed by atoms with E-state index in [-0.39, 0.29) is 23.2 Å². The highest BCUT2D eigenvalue weighted by Gasteiger charge is 2.36. The molecule has 7 heteroatoms. The van der Waals surface area contributed by atoms with Crippen molar-refractivity contribution in [3.8, 4) is 6.07 Å². The van der Waals surface area contributed by atoms with Crippen LogP contribution in [0.1, 0.15) is 19.4 Å². The summed E-state index contributed by atoms with van der Waals surface area (Å²) in [5, 5.41) is 20.1. The van der Waals surface area contributed by atoms with E-state index in [9.17, 15) is 20.2 Å². The molecule has 0 aliphatic carbocycles. The van der Waals surface area contributed by atoms with Gasteiger partial charge in [-0.15, -0.1) is 0 Å². The molecule has 1 unspecified atom stereocenters. The topological polar surface area (TPSA) is 93.2 Å². The molecule has 0 aliphatic heterocycles. The first-order chi connectivity index (χ1) is 9.35. The lowest BCUT2D eigenvalue weighted by Crippen LogP contribution is -2.30. The van der Waals surface area contributed by atoms with Gasteiger partial charge in [0.2, 0.25) is 0 Å². The fraction of sp³-hybridized carbons (Fsp3) is 0.385. The molecule has 0 fully saturated rings. The summed E-state index contributed by atoms with van der Waals surface area (Å²) >= 11 is 3.15. The molecular weight excluding hydrogens is 328 g/mol. The van der Waals surface area contributed by atoms with Crippen molar-refractivity contribution in [1.82, 2.24) is 0 Å². The van der Waals surface area contributed by atoms with Crippen LogP contribution in [-0.4, -0.2) is 17.5 Å². The van der Waals surface area contributed by atoms with Crippen molar-refractivity contribution >= 4 is 27.6 Å². The van der Waals surface area contributed by atoms with E-state index in [1.165, 1.54) is 19.1 Å². The molecule has 0 saturated carbocycles. The molecule has 1 rings (SSSR count). The van der Waals surface area contributed by atoms with Crippen molar-refractivity contribution in [2.75, 3.05) is 6.61 Å². The molecule has 0 radical (unpaired) electrons. The van der Waals surface area contributed by atoms with Crippen LogP contribution < -0.4 is 0 Å². The van der Waals surface area contributed by atoms with Crippen LogP contribution in [-0.2, 0) is 16.0 Å².